The van der Waals surface area contributed by atoms with E-state index >= 15 is 0 Å². The van der Waals surface area contributed by atoms with Crippen LogP contribution in [0.5, 0.6) is 0 Å². The summed E-state index contributed by atoms with van der Waals surface area (Å²) < 4.78 is 0. The van der Waals surface area contributed by atoms with E-state index in [-0.39, 0.29) is 11.9 Å². The van der Waals surface area contributed by atoms with Crippen molar-refractivity contribution < 1.29 is 4.79 Å². The molecular weight excluding hydrogens is 212 g/mol. The molecule has 0 aromatic heterocycles. The summed E-state index contributed by atoms with van der Waals surface area (Å²) >= 11 is 0. The summed E-state index contributed by atoms with van der Waals surface area (Å²) in [6, 6.07) is 7.81. The van der Waals surface area contributed by atoms with Gasteiger partial charge in [-0.15, -0.1) is 0 Å². The lowest BCUT2D eigenvalue weighted by molar-refractivity contribution is -0.131. The minimum absolute atomic E-state index is 0.0216. The molecule has 17 heavy (non-hydrogen) atoms. The minimum atomic E-state index is -0.366. The highest BCUT2D eigenvalue weighted by Crippen LogP contribution is 2.08. The van der Waals surface area contributed by atoms with Gasteiger partial charge >= 0.3 is 0 Å². The maximum Gasteiger partial charge on any atom is 0.239 e. The van der Waals surface area contributed by atoms with Crippen molar-refractivity contribution in [1.82, 2.24) is 4.90 Å². The van der Waals surface area contributed by atoms with Gasteiger partial charge in [0.1, 0.15) is 0 Å². The summed E-state index contributed by atoms with van der Waals surface area (Å²) in [4.78, 5) is 13.6. The van der Waals surface area contributed by atoms with E-state index in [1.165, 1.54) is 5.56 Å². The van der Waals surface area contributed by atoms with Crippen LogP contribution in [-0.4, -0.2) is 23.9 Å². The molecule has 0 saturated carbocycles. The average Bonchev–Trinajstić information content (AvgIpc) is 2.28. The molecule has 0 aliphatic carbocycles. The van der Waals surface area contributed by atoms with E-state index in [1.54, 1.807) is 11.9 Å². The first kappa shape index (κ1) is 13.7. The zero-order valence-electron chi connectivity index (χ0n) is 10.9. The van der Waals surface area contributed by atoms with Crippen LogP contribution in [0, 0.1) is 6.92 Å². The number of nitrogens with zero attached hydrogens (tertiary/aromatic N) is 1. The van der Waals surface area contributed by atoms with Crippen molar-refractivity contribution in [2.45, 2.75) is 39.3 Å². The van der Waals surface area contributed by atoms with Gasteiger partial charge in [0.25, 0.3) is 0 Å². The second-order valence-electron chi connectivity index (χ2n) is 4.58. The van der Waals surface area contributed by atoms with E-state index in [9.17, 15) is 4.79 Å². The third kappa shape index (κ3) is 4.19. The van der Waals surface area contributed by atoms with E-state index in [2.05, 4.69) is 6.07 Å². The van der Waals surface area contributed by atoms with Crippen molar-refractivity contribution in [2.75, 3.05) is 7.05 Å². The van der Waals surface area contributed by atoms with Crippen LogP contribution < -0.4 is 5.73 Å². The third-order valence-corrected chi connectivity index (χ3v) is 2.80. The van der Waals surface area contributed by atoms with Crippen LogP contribution in [0.25, 0.3) is 0 Å². The van der Waals surface area contributed by atoms with E-state index in [0.717, 1.165) is 18.4 Å². The Morgan fingerprint density at radius 2 is 2.18 bits per heavy atom. The number of rotatable bonds is 5. The molecule has 94 valence electrons. The monoisotopic (exact) mass is 234 g/mol. The number of hydrogen-bond donors (Lipinski definition) is 1. The molecule has 0 aliphatic rings. The molecule has 0 saturated heterocycles. The van der Waals surface area contributed by atoms with Crippen molar-refractivity contribution in [2.24, 2.45) is 5.73 Å². The Kier molecular flexibility index (Phi) is 5.16. The number of carbonyl (C=O) groups is 1. The van der Waals surface area contributed by atoms with E-state index < -0.39 is 0 Å². The Balaban J connectivity index is 2.59. The summed E-state index contributed by atoms with van der Waals surface area (Å²) in [6.45, 7) is 4.71. The molecule has 3 heteroatoms. The normalized spacial score (nSPS) is 12.2. The van der Waals surface area contributed by atoms with Crippen molar-refractivity contribution in [1.29, 1.82) is 0 Å². The van der Waals surface area contributed by atoms with Crippen molar-refractivity contribution >= 4 is 5.91 Å². The van der Waals surface area contributed by atoms with Gasteiger partial charge in [0.2, 0.25) is 5.91 Å². The number of nitrogens with two attached hydrogens (primary N) is 1. The zero-order valence-corrected chi connectivity index (χ0v) is 10.9. The summed E-state index contributed by atoms with van der Waals surface area (Å²) in [5.74, 6) is 0.0216. The number of amides is 1. The summed E-state index contributed by atoms with van der Waals surface area (Å²) in [5.41, 5.74) is 8.17. The van der Waals surface area contributed by atoms with Gasteiger partial charge in [-0.1, -0.05) is 43.2 Å². The lowest BCUT2D eigenvalue weighted by atomic mass is 10.1. The van der Waals surface area contributed by atoms with Gasteiger partial charge in [0, 0.05) is 13.6 Å². The molecule has 1 aromatic rings. The van der Waals surface area contributed by atoms with Crippen molar-refractivity contribution in [3.05, 3.63) is 35.4 Å². The molecular formula is C14H22N2O. The molecule has 0 bridgehead atoms. The molecule has 1 rings (SSSR count). The number of carbonyl (C=O) groups excluding carboxylic acids is 1. The van der Waals surface area contributed by atoms with Crippen LogP contribution in [0.2, 0.25) is 0 Å². The summed E-state index contributed by atoms with van der Waals surface area (Å²) in [5, 5.41) is 0. The first-order chi connectivity index (χ1) is 8.04. The fourth-order valence-corrected chi connectivity index (χ4v) is 1.88. The topological polar surface area (TPSA) is 46.3 Å². The molecule has 1 aromatic carbocycles. The van der Waals surface area contributed by atoms with Gasteiger partial charge in [0.05, 0.1) is 6.04 Å². The average molecular weight is 234 g/mol. The smallest absolute Gasteiger partial charge is 0.239 e. The van der Waals surface area contributed by atoms with Gasteiger partial charge < -0.3 is 10.6 Å². The van der Waals surface area contributed by atoms with Gasteiger partial charge in [-0.3, -0.25) is 4.79 Å². The van der Waals surface area contributed by atoms with Crippen LogP contribution in [0.15, 0.2) is 24.3 Å². The quantitative estimate of drug-likeness (QED) is 0.848. The zero-order chi connectivity index (χ0) is 12.8. The van der Waals surface area contributed by atoms with E-state index in [1.807, 2.05) is 32.0 Å². The highest BCUT2D eigenvalue weighted by Gasteiger charge is 2.16. The highest BCUT2D eigenvalue weighted by atomic mass is 16.2. The van der Waals surface area contributed by atoms with E-state index in [4.69, 9.17) is 5.73 Å². The predicted molar refractivity (Wildman–Crippen MR) is 70.5 cm³/mol. The van der Waals surface area contributed by atoms with Gasteiger partial charge in [-0.25, -0.2) is 0 Å². The fraction of sp³-hybridized carbons (Fsp3) is 0.500. The first-order valence-electron chi connectivity index (χ1n) is 6.10. The molecule has 0 radical (unpaired) electrons. The maximum absolute atomic E-state index is 11.9. The largest absolute Gasteiger partial charge is 0.340 e. The van der Waals surface area contributed by atoms with Crippen molar-refractivity contribution in [3.63, 3.8) is 0 Å². The Morgan fingerprint density at radius 3 is 2.76 bits per heavy atom. The third-order valence-electron chi connectivity index (χ3n) is 2.80. The standard InChI is InChI=1S/C14H22N2O/c1-4-6-13(15)14(17)16(3)10-12-8-5-7-11(2)9-12/h5,7-9,13H,4,6,10,15H2,1-3H3/t13-/m1/s1. The Morgan fingerprint density at radius 1 is 1.47 bits per heavy atom. The van der Waals surface area contributed by atoms with Crippen LogP contribution in [0.4, 0.5) is 0 Å². The lowest BCUT2D eigenvalue weighted by Crippen LogP contribution is -2.41. The van der Waals surface area contributed by atoms with Crippen LogP contribution in [-0.2, 0) is 11.3 Å². The molecule has 0 spiro atoms. The molecule has 0 heterocycles. The second-order valence-corrected chi connectivity index (χ2v) is 4.58. The molecule has 2 N–H and O–H groups in total. The second kappa shape index (κ2) is 6.40. The molecule has 3 nitrogen and oxygen atoms in total. The Labute approximate surface area is 104 Å². The van der Waals surface area contributed by atoms with E-state index in [0.29, 0.717) is 6.54 Å². The molecule has 1 amide bonds. The van der Waals surface area contributed by atoms with Gasteiger partial charge in [-0.05, 0) is 18.9 Å². The summed E-state index contributed by atoms with van der Waals surface area (Å²) in [7, 11) is 1.81. The Bertz CT molecular complexity index is 376. The van der Waals surface area contributed by atoms with Gasteiger partial charge in [0.15, 0.2) is 0 Å². The fourth-order valence-electron chi connectivity index (χ4n) is 1.88. The molecule has 1 atom stereocenters. The van der Waals surface area contributed by atoms with Crippen LogP contribution in [0.3, 0.4) is 0 Å². The number of likely N-dealkylation sites (N-methyl/N-ethyl adjacent to an activating group) is 1. The maximum atomic E-state index is 11.9. The van der Waals surface area contributed by atoms with Gasteiger partial charge in [-0.2, -0.15) is 0 Å². The Hall–Kier alpha value is -1.35. The summed E-state index contributed by atoms with van der Waals surface area (Å²) in [6.07, 6.45) is 1.68. The van der Waals surface area contributed by atoms with Crippen molar-refractivity contribution in [3.8, 4) is 0 Å². The number of aryl methyl sites for hydroxylation is 1. The SMILES string of the molecule is CCC[C@@H](N)C(=O)N(C)Cc1cccc(C)c1. The molecule has 0 fully saturated rings. The predicted octanol–water partition coefficient (Wildman–Crippen LogP) is 2.08. The first-order valence-corrected chi connectivity index (χ1v) is 6.10. The minimum Gasteiger partial charge on any atom is -0.340 e. The van der Waals surface area contributed by atoms with Crippen LogP contribution in [0.1, 0.15) is 30.9 Å². The number of benzene rings is 1. The number of hydrogen-bond acceptors (Lipinski definition) is 2. The van der Waals surface area contributed by atoms with Crippen LogP contribution >= 0.6 is 0 Å². The lowest BCUT2D eigenvalue weighted by Gasteiger charge is -2.21. The molecule has 0 aliphatic heterocycles. The molecule has 0 unspecified atom stereocenters. The highest BCUT2D eigenvalue weighted by molar-refractivity contribution is 5.81.